The Balaban J connectivity index is 0.000000115. The molecule has 0 spiro atoms. The number of fused-ring (bicyclic) bond motifs is 3. The predicted octanol–water partition coefficient (Wildman–Crippen LogP) is 3.93. The summed E-state index contributed by atoms with van der Waals surface area (Å²) < 4.78 is 28.8. The molecule has 0 radical (unpaired) electrons. The van der Waals surface area contributed by atoms with Gasteiger partial charge >= 0.3 is 20.7 Å². The topological polar surface area (TPSA) is 27.7 Å². The highest BCUT2D eigenvalue weighted by molar-refractivity contribution is 6.68. The van der Waals surface area contributed by atoms with E-state index in [1.807, 2.05) is 25.0 Å². The molecule has 3 heterocycles. The van der Waals surface area contributed by atoms with Crippen LogP contribution in [0.15, 0.2) is 60.7 Å². The Bertz CT molecular complexity index is 1040. The van der Waals surface area contributed by atoms with Gasteiger partial charge in [0, 0.05) is 5.02 Å². The first kappa shape index (κ1) is 23.1. The van der Waals surface area contributed by atoms with Crippen LogP contribution >= 0.6 is 11.6 Å². The molecule has 0 aliphatic carbocycles. The minimum absolute atomic E-state index is 0.130. The molecule has 0 aromatic heterocycles. The molecule has 0 fully saturated rings. The third kappa shape index (κ3) is 5.29. The van der Waals surface area contributed by atoms with Gasteiger partial charge in [-0.15, -0.1) is 0 Å². The fourth-order valence-corrected chi connectivity index (χ4v) is 4.36. The first-order valence-corrected chi connectivity index (χ1v) is 11.3. The molecule has 3 aliphatic rings. The summed E-state index contributed by atoms with van der Waals surface area (Å²) in [5.74, 6) is -0.179. The maximum absolute atomic E-state index is 12.6. The summed E-state index contributed by atoms with van der Waals surface area (Å²) in [5, 5.41) is 0.793. The fraction of sp³-hybridized carbons (Fsp3) is 0.250. The lowest BCUT2D eigenvalue weighted by molar-refractivity contribution is 0.333. The van der Waals surface area contributed by atoms with Gasteiger partial charge in [0.15, 0.2) is 0 Å². The van der Waals surface area contributed by atoms with E-state index in [-0.39, 0.29) is 19.6 Å². The van der Waals surface area contributed by atoms with Gasteiger partial charge in [0.25, 0.3) is 0 Å². The van der Waals surface area contributed by atoms with E-state index in [1.165, 1.54) is 28.1 Å². The van der Waals surface area contributed by atoms with Crippen LogP contribution in [-0.4, -0.2) is 20.7 Å². The van der Waals surface area contributed by atoms with Crippen molar-refractivity contribution in [3.05, 3.63) is 88.2 Å². The number of hydrogen-bond acceptors (Lipinski definition) is 3. The van der Waals surface area contributed by atoms with Gasteiger partial charge in [0.1, 0.15) is 5.82 Å². The monoisotopic (exact) mass is 448 g/mol. The zero-order chi connectivity index (χ0) is 22.7. The molecule has 3 aromatic rings. The molecule has 3 aromatic carbocycles. The zero-order valence-corrected chi connectivity index (χ0v) is 19.4. The van der Waals surface area contributed by atoms with Crippen molar-refractivity contribution in [3.63, 3.8) is 0 Å². The molecule has 0 N–H and O–H groups in total. The number of rotatable bonds is 0. The van der Waals surface area contributed by atoms with Gasteiger partial charge in [0.05, 0.1) is 19.8 Å². The molecule has 162 valence electrons. The molecule has 3 nitrogen and oxygen atoms in total. The lowest BCUT2D eigenvalue weighted by Crippen LogP contribution is -2.23. The maximum Gasteiger partial charge on any atom is 0.324 e. The van der Waals surface area contributed by atoms with Gasteiger partial charge in [-0.25, -0.2) is 4.39 Å². The van der Waals surface area contributed by atoms with Crippen LogP contribution < -0.4 is 16.4 Å². The van der Waals surface area contributed by atoms with E-state index in [0.29, 0.717) is 20.1 Å². The van der Waals surface area contributed by atoms with Crippen LogP contribution in [0.4, 0.5) is 4.39 Å². The normalized spacial score (nSPS) is 15.3. The Morgan fingerprint density at radius 1 is 0.656 bits per heavy atom. The van der Waals surface area contributed by atoms with E-state index in [2.05, 4.69) is 37.9 Å². The largest absolute Gasteiger partial charge is 0.427 e. The van der Waals surface area contributed by atoms with Gasteiger partial charge in [-0.05, 0) is 57.3 Å². The standard InChI is InChI=1S/C8H8BClO.C8H8BFO.C8H9BO/c2*1-9-8-3-2-7(10)4-6(8)5-11-9;1-9-8-5-3-2-4-7(8)6-10-9/h2*2-4H,5H2,1H3;2-5H,6H2,1H3. The smallest absolute Gasteiger partial charge is 0.324 e. The highest BCUT2D eigenvalue weighted by atomic mass is 35.5. The summed E-state index contributed by atoms with van der Waals surface area (Å²) in [6.07, 6.45) is 0. The van der Waals surface area contributed by atoms with Crippen molar-refractivity contribution in [1.82, 2.24) is 0 Å². The Morgan fingerprint density at radius 2 is 1.16 bits per heavy atom. The van der Waals surface area contributed by atoms with Crippen LogP contribution in [-0.2, 0) is 33.8 Å². The summed E-state index contributed by atoms with van der Waals surface area (Å²) in [4.78, 5) is 0. The van der Waals surface area contributed by atoms with E-state index < -0.39 is 0 Å². The SMILES string of the molecule is CB1OCc2cc(Cl)ccc21.CB1OCc2cc(F)ccc21.CB1OCc2ccccc21. The molecule has 0 unspecified atom stereocenters. The Labute approximate surface area is 195 Å². The Hall–Kier alpha value is -2.05. The molecule has 3 aliphatic heterocycles. The molecule has 0 amide bonds. The molecule has 0 bridgehead atoms. The van der Waals surface area contributed by atoms with Crippen LogP contribution in [0.2, 0.25) is 25.5 Å². The van der Waals surface area contributed by atoms with Gasteiger partial charge in [-0.1, -0.05) is 68.5 Å². The first-order chi connectivity index (χ1) is 15.4. The van der Waals surface area contributed by atoms with Crippen LogP contribution in [0.3, 0.4) is 0 Å². The van der Waals surface area contributed by atoms with Crippen molar-refractivity contribution in [3.8, 4) is 0 Å². The van der Waals surface area contributed by atoms with Crippen molar-refractivity contribution in [1.29, 1.82) is 0 Å². The molecule has 0 atom stereocenters. The van der Waals surface area contributed by atoms with Gasteiger partial charge < -0.3 is 14.0 Å². The highest BCUT2D eigenvalue weighted by Crippen LogP contribution is 2.16. The van der Waals surface area contributed by atoms with Crippen molar-refractivity contribution in [2.24, 2.45) is 0 Å². The third-order valence-corrected chi connectivity index (χ3v) is 6.28. The second kappa shape index (κ2) is 10.3. The Kier molecular flexibility index (Phi) is 7.42. The average molecular weight is 448 g/mol. The second-order valence-electron chi connectivity index (χ2n) is 8.24. The lowest BCUT2D eigenvalue weighted by Gasteiger charge is -1.97. The van der Waals surface area contributed by atoms with Crippen molar-refractivity contribution in [2.45, 2.75) is 40.3 Å². The minimum atomic E-state index is -0.179. The van der Waals surface area contributed by atoms with Gasteiger partial charge in [-0.2, -0.15) is 0 Å². The van der Waals surface area contributed by atoms with Crippen LogP contribution in [0.5, 0.6) is 0 Å². The predicted molar refractivity (Wildman–Crippen MR) is 132 cm³/mol. The maximum atomic E-state index is 12.6. The van der Waals surface area contributed by atoms with Crippen molar-refractivity contribution >= 4 is 48.7 Å². The lowest BCUT2D eigenvalue weighted by atomic mass is 9.64. The van der Waals surface area contributed by atoms with Crippen LogP contribution in [0.25, 0.3) is 0 Å². The summed E-state index contributed by atoms with van der Waals surface area (Å²) in [7, 11) is 0. The van der Waals surface area contributed by atoms with E-state index in [0.717, 1.165) is 22.7 Å². The molecule has 0 saturated carbocycles. The van der Waals surface area contributed by atoms with E-state index in [4.69, 9.17) is 25.6 Å². The first-order valence-electron chi connectivity index (χ1n) is 10.9. The molecule has 32 heavy (non-hydrogen) atoms. The van der Waals surface area contributed by atoms with E-state index >= 15 is 0 Å². The average Bonchev–Trinajstić information content (AvgIpc) is 3.47. The molecular formula is C24H25B3ClFO3. The molecule has 6 rings (SSSR count). The quantitative estimate of drug-likeness (QED) is 0.488. The number of halogens is 2. The van der Waals surface area contributed by atoms with Crippen molar-refractivity contribution in [2.75, 3.05) is 0 Å². The highest BCUT2D eigenvalue weighted by Gasteiger charge is 2.24. The molecule has 0 saturated heterocycles. The van der Waals surface area contributed by atoms with Crippen LogP contribution in [0, 0.1) is 5.82 Å². The molecular weight excluding hydrogens is 423 g/mol. The molecule has 8 heteroatoms. The van der Waals surface area contributed by atoms with Crippen LogP contribution in [0.1, 0.15) is 16.7 Å². The summed E-state index contributed by atoms with van der Waals surface area (Å²) >= 11 is 5.82. The summed E-state index contributed by atoms with van der Waals surface area (Å²) in [5.41, 5.74) is 7.29. The zero-order valence-electron chi connectivity index (χ0n) is 18.6. The number of hydrogen-bond donors (Lipinski definition) is 0. The summed E-state index contributed by atoms with van der Waals surface area (Å²) in [6.45, 7) is 8.84. The third-order valence-electron chi connectivity index (χ3n) is 6.05. The Morgan fingerprint density at radius 3 is 1.78 bits per heavy atom. The fourth-order valence-electron chi connectivity index (χ4n) is 4.17. The van der Waals surface area contributed by atoms with Gasteiger partial charge in [0.2, 0.25) is 0 Å². The van der Waals surface area contributed by atoms with Crippen molar-refractivity contribution < 1.29 is 18.4 Å². The minimum Gasteiger partial charge on any atom is -0.427 e. The van der Waals surface area contributed by atoms with E-state index in [1.54, 1.807) is 12.1 Å². The number of benzene rings is 3. The second-order valence-corrected chi connectivity index (χ2v) is 8.68. The van der Waals surface area contributed by atoms with Gasteiger partial charge in [-0.3, -0.25) is 0 Å². The summed E-state index contributed by atoms with van der Waals surface area (Å²) in [6, 6.07) is 19.1. The van der Waals surface area contributed by atoms with E-state index in [9.17, 15) is 4.39 Å².